The molecule has 1 heterocycles. The Morgan fingerprint density at radius 1 is 0.946 bits per heavy atom. The van der Waals surface area contributed by atoms with Gasteiger partial charge in [0.15, 0.2) is 0 Å². The fourth-order valence-corrected chi connectivity index (χ4v) is 5.44. The molecule has 3 aromatic rings. The number of hydrogen-bond donors (Lipinski definition) is 1. The highest BCUT2D eigenvalue weighted by atomic mass is 19.1. The summed E-state index contributed by atoms with van der Waals surface area (Å²) in [6.45, 7) is 1.08. The predicted molar refractivity (Wildman–Crippen MR) is 133 cm³/mol. The maximum atomic E-state index is 14.7. The molecule has 37 heavy (non-hydrogen) atoms. The molecule has 1 N–H and O–H groups in total. The van der Waals surface area contributed by atoms with Crippen molar-refractivity contribution < 1.29 is 23.3 Å². The van der Waals surface area contributed by atoms with Gasteiger partial charge in [-0.3, -0.25) is 19.7 Å². The lowest BCUT2D eigenvalue weighted by Gasteiger charge is -2.52. The summed E-state index contributed by atoms with van der Waals surface area (Å²) in [5.74, 6) is -2.02. The van der Waals surface area contributed by atoms with Crippen molar-refractivity contribution in [3.8, 4) is 11.1 Å². The number of amides is 2. The number of nitrogens with one attached hydrogen (secondary N) is 1. The van der Waals surface area contributed by atoms with Crippen molar-refractivity contribution in [2.75, 3.05) is 13.1 Å². The van der Waals surface area contributed by atoms with Crippen LogP contribution in [0.2, 0.25) is 0 Å². The van der Waals surface area contributed by atoms with Gasteiger partial charge in [-0.15, -0.1) is 0 Å². The van der Waals surface area contributed by atoms with Gasteiger partial charge in [-0.2, -0.15) is 0 Å². The van der Waals surface area contributed by atoms with Crippen molar-refractivity contribution in [2.24, 2.45) is 5.41 Å². The highest BCUT2D eigenvalue weighted by Gasteiger charge is 2.47. The number of nitrogens with zero attached hydrogens (tertiary/aromatic N) is 2. The monoisotopic (exact) mass is 505 g/mol. The first kappa shape index (κ1) is 24.5. The Kier molecular flexibility index (Phi) is 6.45. The van der Waals surface area contributed by atoms with Crippen molar-refractivity contribution in [2.45, 2.75) is 31.7 Å². The van der Waals surface area contributed by atoms with Gasteiger partial charge in [-0.05, 0) is 54.9 Å². The zero-order valence-corrected chi connectivity index (χ0v) is 20.0. The summed E-state index contributed by atoms with van der Waals surface area (Å²) in [5.41, 5.74) is 0.966. The first-order chi connectivity index (χ1) is 17.7. The molecule has 2 fully saturated rings. The molecular weight excluding hydrogens is 480 g/mol. The quantitative estimate of drug-likeness (QED) is 0.374. The molecule has 1 saturated heterocycles. The number of piperidine rings is 1. The Balaban J connectivity index is 1.15. The van der Waals surface area contributed by atoms with E-state index in [0.29, 0.717) is 24.2 Å². The molecule has 0 aromatic heterocycles. The minimum Gasteiger partial charge on any atom is -0.349 e. The van der Waals surface area contributed by atoms with Crippen LogP contribution in [0.25, 0.3) is 11.1 Å². The average molecular weight is 506 g/mol. The molecule has 1 aliphatic carbocycles. The van der Waals surface area contributed by atoms with Crippen molar-refractivity contribution in [1.82, 2.24) is 10.2 Å². The molecule has 0 radical (unpaired) electrons. The summed E-state index contributed by atoms with van der Waals surface area (Å²) >= 11 is 0. The molecule has 1 aliphatic heterocycles. The normalized spacial score (nSPS) is 16.8. The van der Waals surface area contributed by atoms with E-state index in [-0.39, 0.29) is 22.9 Å². The molecular formula is C28H25F2N3O4. The molecule has 9 heteroatoms. The van der Waals surface area contributed by atoms with Crippen molar-refractivity contribution in [3.05, 3.63) is 99.6 Å². The fraction of sp³-hybridized carbons (Fsp3) is 0.286. The first-order valence-electron chi connectivity index (χ1n) is 12.1. The van der Waals surface area contributed by atoms with Gasteiger partial charge in [0, 0.05) is 41.9 Å². The fourth-order valence-electron chi connectivity index (χ4n) is 5.44. The first-order valence-corrected chi connectivity index (χ1v) is 12.1. The van der Waals surface area contributed by atoms with Crippen LogP contribution in [0, 0.1) is 27.2 Å². The predicted octanol–water partition coefficient (Wildman–Crippen LogP) is 5.35. The lowest BCUT2D eigenvalue weighted by Crippen LogP contribution is -2.55. The Hall–Kier alpha value is -4.14. The molecule has 3 aromatic carbocycles. The molecule has 0 unspecified atom stereocenters. The number of halogens is 2. The van der Waals surface area contributed by atoms with E-state index in [1.165, 1.54) is 6.07 Å². The minimum absolute atomic E-state index is 0.00504. The highest BCUT2D eigenvalue weighted by Crippen LogP contribution is 2.49. The summed E-state index contributed by atoms with van der Waals surface area (Å²) in [4.78, 5) is 37.4. The van der Waals surface area contributed by atoms with Crippen LogP contribution < -0.4 is 5.32 Å². The van der Waals surface area contributed by atoms with Crippen molar-refractivity contribution >= 4 is 17.5 Å². The van der Waals surface area contributed by atoms with E-state index in [1.807, 2.05) is 30.3 Å². The number of likely N-dealkylation sites (tertiary alicyclic amines) is 1. The SMILES string of the molecule is O=C(NC1CC2(CCN(C(=O)c3ccc(-c4ccccc4)c(F)c3)CC2)C1)c1cc(F)cc([N+](=O)[O-])c1. The lowest BCUT2D eigenvalue weighted by atomic mass is 9.60. The molecule has 0 bridgehead atoms. The summed E-state index contributed by atoms with van der Waals surface area (Å²) in [6, 6.07) is 16.5. The van der Waals surface area contributed by atoms with Crippen molar-refractivity contribution in [1.29, 1.82) is 0 Å². The van der Waals surface area contributed by atoms with E-state index in [1.54, 1.807) is 17.0 Å². The highest BCUT2D eigenvalue weighted by molar-refractivity contribution is 5.95. The van der Waals surface area contributed by atoms with Gasteiger partial charge in [0.1, 0.15) is 11.6 Å². The Morgan fingerprint density at radius 3 is 2.30 bits per heavy atom. The second-order valence-electron chi connectivity index (χ2n) is 9.89. The van der Waals surface area contributed by atoms with Gasteiger partial charge in [0.2, 0.25) is 0 Å². The van der Waals surface area contributed by atoms with Crippen LogP contribution in [0.4, 0.5) is 14.5 Å². The number of hydrogen-bond acceptors (Lipinski definition) is 4. The second kappa shape index (κ2) is 9.72. The molecule has 2 aliphatic rings. The van der Waals surface area contributed by atoms with E-state index in [2.05, 4.69) is 5.32 Å². The number of nitro benzene ring substituents is 1. The second-order valence-corrected chi connectivity index (χ2v) is 9.89. The molecule has 2 amide bonds. The molecule has 1 saturated carbocycles. The number of carbonyl (C=O) groups is 2. The van der Waals surface area contributed by atoms with Crippen LogP contribution in [-0.4, -0.2) is 40.8 Å². The van der Waals surface area contributed by atoms with E-state index in [0.717, 1.165) is 49.4 Å². The van der Waals surface area contributed by atoms with Gasteiger partial charge in [0.05, 0.1) is 11.0 Å². The van der Waals surface area contributed by atoms with Gasteiger partial charge in [-0.25, -0.2) is 8.78 Å². The van der Waals surface area contributed by atoms with E-state index in [9.17, 15) is 28.5 Å². The van der Waals surface area contributed by atoms with Crippen molar-refractivity contribution in [3.63, 3.8) is 0 Å². The van der Waals surface area contributed by atoms with E-state index in [4.69, 9.17) is 0 Å². The van der Waals surface area contributed by atoms with Gasteiger partial charge >= 0.3 is 0 Å². The number of benzene rings is 3. The largest absolute Gasteiger partial charge is 0.349 e. The van der Waals surface area contributed by atoms with E-state index >= 15 is 0 Å². The summed E-state index contributed by atoms with van der Waals surface area (Å²) in [6.07, 6.45) is 2.97. The number of rotatable bonds is 5. The van der Waals surface area contributed by atoms with Crippen LogP contribution in [0.1, 0.15) is 46.4 Å². The number of carbonyl (C=O) groups excluding carboxylic acids is 2. The third-order valence-corrected chi connectivity index (χ3v) is 7.46. The Labute approximate surface area is 212 Å². The Bertz CT molecular complexity index is 1360. The summed E-state index contributed by atoms with van der Waals surface area (Å²) in [5, 5.41) is 13.8. The minimum atomic E-state index is -0.837. The van der Waals surface area contributed by atoms with Crippen LogP contribution in [-0.2, 0) is 0 Å². The van der Waals surface area contributed by atoms with Gasteiger partial charge in [-0.1, -0.05) is 36.4 Å². The third kappa shape index (κ3) is 5.07. The average Bonchev–Trinajstić information content (AvgIpc) is 2.87. The zero-order chi connectivity index (χ0) is 26.2. The van der Waals surface area contributed by atoms with Crippen LogP contribution in [0.5, 0.6) is 0 Å². The maximum Gasteiger partial charge on any atom is 0.273 e. The maximum absolute atomic E-state index is 14.7. The van der Waals surface area contributed by atoms with Crippen LogP contribution in [0.3, 0.4) is 0 Å². The van der Waals surface area contributed by atoms with Crippen LogP contribution >= 0.6 is 0 Å². The third-order valence-electron chi connectivity index (χ3n) is 7.46. The van der Waals surface area contributed by atoms with Gasteiger partial charge in [0.25, 0.3) is 17.5 Å². The molecule has 190 valence electrons. The Morgan fingerprint density at radius 2 is 1.65 bits per heavy atom. The van der Waals surface area contributed by atoms with Crippen LogP contribution in [0.15, 0.2) is 66.7 Å². The number of non-ortho nitro benzene ring substituents is 1. The number of nitro groups is 1. The molecule has 7 nitrogen and oxygen atoms in total. The molecule has 1 spiro atoms. The van der Waals surface area contributed by atoms with Gasteiger partial charge < -0.3 is 10.2 Å². The zero-order valence-electron chi connectivity index (χ0n) is 20.0. The summed E-state index contributed by atoms with van der Waals surface area (Å²) < 4.78 is 28.4. The molecule has 5 rings (SSSR count). The lowest BCUT2D eigenvalue weighted by molar-refractivity contribution is -0.385. The standard InChI is InChI=1S/C28H25F2N3O4/c29-21-12-20(13-23(15-21)33(36)37)26(34)31-22-16-28(17-22)8-10-32(11-9-28)27(35)19-6-7-24(25(30)14-19)18-4-2-1-3-5-18/h1-7,12-15,22H,8-11,16-17H2,(H,31,34). The topological polar surface area (TPSA) is 92.6 Å². The molecule has 0 atom stereocenters. The summed E-state index contributed by atoms with van der Waals surface area (Å²) in [7, 11) is 0. The smallest absolute Gasteiger partial charge is 0.273 e. The van der Waals surface area contributed by atoms with E-state index < -0.39 is 28.2 Å².